The van der Waals surface area contributed by atoms with Gasteiger partial charge < -0.3 is 14.7 Å². The number of anilines is 9. The van der Waals surface area contributed by atoms with E-state index in [1.807, 2.05) is 0 Å². The Morgan fingerprint density at radius 3 is 0.833 bits per heavy atom. The molecule has 0 saturated carbocycles. The van der Waals surface area contributed by atoms with Crippen LogP contribution in [0.3, 0.4) is 0 Å². The first kappa shape index (κ1) is 43.6. The van der Waals surface area contributed by atoms with Crippen LogP contribution in [0.5, 0.6) is 0 Å². The lowest BCUT2D eigenvalue weighted by Crippen LogP contribution is -2.17. The zero-order chi connectivity index (χ0) is 48.9. The Kier molecular flexibility index (Phi) is 9.89. The number of hydrogen-bond acceptors (Lipinski definition) is 3. The number of rotatable bonds is 9. The van der Waals surface area contributed by atoms with Crippen molar-refractivity contribution in [1.29, 1.82) is 0 Å². The molecule has 3 heteroatoms. The van der Waals surface area contributed by atoms with Crippen molar-refractivity contribution in [3.05, 3.63) is 270 Å². The predicted octanol–water partition coefficient (Wildman–Crippen LogP) is 19.0. The minimum atomic E-state index is -0.113. The van der Waals surface area contributed by atoms with E-state index in [0.717, 1.165) is 51.2 Å². The molecule has 0 aromatic heterocycles. The Morgan fingerprint density at radius 2 is 0.444 bits per heavy atom. The van der Waals surface area contributed by atoms with Crippen molar-refractivity contribution in [2.75, 3.05) is 14.7 Å². The number of para-hydroxylation sites is 2. The van der Waals surface area contributed by atoms with E-state index in [0.29, 0.717) is 0 Å². The summed E-state index contributed by atoms with van der Waals surface area (Å²) < 4.78 is 0. The molecule has 3 aliphatic rings. The summed E-state index contributed by atoms with van der Waals surface area (Å²) in [6.45, 7) is 14.1. The number of fused-ring (bicyclic) bond motifs is 9. The van der Waals surface area contributed by atoms with E-state index >= 15 is 0 Å². The van der Waals surface area contributed by atoms with E-state index < -0.39 is 0 Å². The minimum Gasteiger partial charge on any atom is -0.310 e. The maximum absolute atomic E-state index is 2.42. The van der Waals surface area contributed by atoms with Crippen LogP contribution in [-0.2, 0) is 16.2 Å². The van der Waals surface area contributed by atoms with Gasteiger partial charge in [-0.25, -0.2) is 0 Å². The first-order valence-corrected chi connectivity index (χ1v) is 25.4. The van der Waals surface area contributed by atoms with Crippen LogP contribution in [0.2, 0.25) is 0 Å². The number of benzene rings is 10. The Bertz CT molecular complexity index is 3520. The minimum absolute atomic E-state index is 0.0918. The van der Waals surface area contributed by atoms with Crippen molar-refractivity contribution in [2.45, 2.75) is 57.8 Å². The zero-order valence-electron chi connectivity index (χ0n) is 41.9. The summed E-state index contributed by atoms with van der Waals surface area (Å²) in [5.41, 5.74) is 25.8. The molecule has 0 atom stereocenters. The normalized spacial score (nSPS) is 14.6. The second kappa shape index (κ2) is 16.3. The van der Waals surface area contributed by atoms with Crippen molar-refractivity contribution in [1.82, 2.24) is 0 Å². The summed E-state index contributed by atoms with van der Waals surface area (Å²) in [7, 11) is 0. The number of hydrogen-bond donors (Lipinski definition) is 0. The van der Waals surface area contributed by atoms with Gasteiger partial charge in [0.1, 0.15) is 0 Å². The molecule has 0 spiro atoms. The molecule has 0 fully saturated rings. The molecule has 0 aliphatic heterocycles. The van der Waals surface area contributed by atoms with Crippen LogP contribution in [0.25, 0.3) is 33.4 Å². The van der Waals surface area contributed by atoms with Gasteiger partial charge in [0.2, 0.25) is 0 Å². The zero-order valence-corrected chi connectivity index (χ0v) is 41.9. The van der Waals surface area contributed by atoms with E-state index in [1.165, 1.54) is 66.8 Å². The fourth-order valence-electron chi connectivity index (χ4n) is 12.5. The molecular formula is C69H57N3. The van der Waals surface area contributed by atoms with Crippen molar-refractivity contribution >= 4 is 51.2 Å². The quantitative estimate of drug-likeness (QED) is 0.143. The third kappa shape index (κ3) is 6.71. The van der Waals surface area contributed by atoms with Gasteiger partial charge in [0, 0.05) is 67.4 Å². The molecular weight excluding hydrogens is 871 g/mol. The van der Waals surface area contributed by atoms with Crippen molar-refractivity contribution in [2.24, 2.45) is 0 Å². The maximum Gasteiger partial charge on any atom is 0.0468 e. The maximum atomic E-state index is 2.42. The molecule has 0 N–H and O–H groups in total. The molecule has 348 valence electrons. The summed E-state index contributed by atoms with van der Waals surface area (Å²) in [5.74, 6) is 0. The van der Waals surface area contributed by atoms with Crippen LogP contribution < -0.4 is 14.7 Å². The van der Waals surface area contributed by atoms with Gasteiger partial charge in [-0.3, -0.25) is 0 Å². The Balaban J connectivity index is 0.922. The van der Waals surface area contributed by atoms with Crippen LogP contribution in [0.15, 0.2) is 237 Å². The molecule has 3 nitrogen and oxygen atoms in total. The van der Waals surface area contributed by atoms with E-state index in [1.54, 1.807) is 0 Å². The highest BCUT2D eigenvalue weighted by Crippen LogP contribution is 2.54. The third-order valence-corrected chi connectivity index (χ3v) is 16.2. The first-order chi connectivity index (χ1) is 35.0. The average Bonchev–Trinajstić information content (AvgIpc) is 3.89. The van der Waals surface area contributed by atoms with Crippen LogP contribution >= 0.6 is 0 Å². The highest BCUT2D eigenvalue weighted by molar-refractivity contribution is 5.90. The predicted molar refractivity (Wildman–Crippen MR) is 303 cm³/mol. The van der Waals surface area contributed by atoms with Gasteiger partial charge in [0.05, 0.1) is 0 Å². The lowest BCUT2D eigenvalue weighted by Gasteiger charge is -2.31. The van der Waals surface area contributed by atoms with Crippen molar-refractivity contribution < 1.29 is 0 Å². The van der Waals surface area contributed by atoms with Gasteiger partial charge in [-0.15, -0.1) is 0 Å². The van der Waals surface area contributed by atoms with Crippen molar-refractivity contribution in [3.63, 3.8) is 0 Å². The molecule has 72 heavy (non-hydrogen) atoms. The fourth-order valence-corrected chi connectivity index (χ4v) is 12.5. The lowest BCUT2D eigenvalue weighted by atomic mass is 9.82. The second-order valence-electron chi connectivity index (χ2n) is 21.4. The van der Waals surface area contributed by atoms with Crippen LogP contribution in [-0.4, -0.2) is 0 Å². The van der Waals surface area contributed by atoms with Crippen molar-refractivity contribution in [3.8, 4) is 33.4 Å². The summed E-state index contributed by atoms with van der Waals surface area (Å²) >= 11 is 0. The molecule has 10 aromatic rings. The first-order valence-electron chi connectivity index (χ1n) is 25.4. The smallest absolute Gasteiger partial charge is 0.0468 e. The second-order valence-corrected chi connectivity index (χ2v) is 21.4. The van der Waals surface area contributed by atoms with Crippen LogP contribution in [0.4, 0.5) is 51.2 Å². The highest BCUT2D eigenvalue weighted by atomic mass is 15.2. The molecule has 13 rings (SSSR count). The van der Waals surface area contributed by atoms with Gasteiger partial charge in [-0.1, -0.05) is 169 Å². The fraction of sp³-hybridized carbons (Fsp3) is 0.130. The molecule has 0 radical (unpaired) electrons. The lowest BCUT2D eigenvalue weighted by molar-refractivity contribution is 0.660. The highest BCUT2D eigenvalue weighted by Gasteiger charge is 2.38. The summed E-state index contributed by atoms with van der Waals surface area (Å²) in [4.78, 5) is 7.22. The van der Waals surface area contributed by atoms with Gasteiger partial charge in [0.15, 0.2) is 0 Å². The Morgan fingerprint density at radius 1 is 0.194 bits per heavy atom. The van der Waals surface area contributed by atoms with E-state index in [-0.39, 0.29) is 16.2 Å². The SMILES string of the molecule is CC1(C)c2ccccc2-c2cc(N(c3ccc(N(c4ccccc4)c4ccc5c(c4)C(C)(C)c4ccccc4-5)cc3)c3ccc(N(c4ccccc4)c4ccc5c(c4)C(C)(C)c4ccccc4-5)cc3)ccc21. The van der Waals surface area contributed by atoms with E-state index in [2.05, 4.69) is 293 Å². The molecule has 0 heterocycles. The largest absolute Gasteiger partial charge is 0.310 e. The molecule has 0 unspecified atom stereocenters. The molecule has 10 aromatic carbocycles. The summed E-state index contributed by atoms with van der Waals surface area (Å²) in [6, 6.07) is 87.7. The van der Waals surface area contributed by atoms with Gasteiger partial charge in [-0.05, 0) is 176 Å². The average molecular weight is 928 g/mol. The molecule has 3 aliphatic carbocycles. The monoisotopic (exact) mass is 927 g/mol. The summed E-state index contributed by atoms with van der Waals surface area (Å²) in [5, 5.41) is 0. The standard InChI is InChI=1S/C69H57N3/c1-67(2)63-28-18-15-25-57(63)60-43-52(39-42-64(60)67)72(50-33-29-48(30-34-50)70(46-19-9-7-10-20-46)53-37-40-58-55-23-13-16-26-61(55)68(3,4)65(58)44-53)51-35-31-49(32-36-51)71(47-21-11-8-12-22-47)54-38-41-59-56-24-14-17-27-62(56)69(5,6)66(59)45-54/h7-45H,1-6H3. The molecule has 0 amide bonds. The van der Waals surface area contributed by atoms with Crippen LogP contribution in [0.1, 0.15) is 74.9 Å². The van der Waals surface area contributed by atoms with Gasteiger partial charge >= 0.3 is 0 Å². The number of nitrogens with zero attached hydrogens (tertiary/aromatic N) is 3. The van der Waals surface area contributed by atoms with E-state index in [9.17, 15) is 0 Å². The third-order valence-electron chi connectivity index (χ3n) is 16.2. The Hall–Kier alpha value is -8.40. The Labute approximate surface area is 424 Å². The van der Waals surface area contributed by atoms with Gasteiger partial charge in [-0.2, -0.15) is 0 Å². The van der Waals surface area contributed by atoms with E-state index in [4.69, 9.17) is 0 Å². The van der Waals surface area contributed by atoms with Crippen LogP contribution in [0, 0.1) is 0 Å². The van der Waals surface area contributed by atoms with Gasteiger partial charge in [0.25, 0.3) is 0 Å². The molecule has 0 saturated heterocycles. The summed E-state index contributed by atoms with van der Waals surface area (Å²) in [6.07, 6.45) is 0. The topological polar surface area (TPSA) is 9.72 Å². The molecule has 0 bridgehead atoms.